The molecule has 4 rings (SSSR count). The van der Waals surface area contributed by atoms with Crippen molar-refractivity contribution in [3.63, 3.8) is 0 Å². The van der Waals surface area contributed by atoms with Gasteiger partial charge in [-0.1, -0.05) is 41.9 Å². The van der Waals surface area contributed by atoms with Crippen molar-refractivity contribution < 1.29 is 4.79 Å². The van der Waals surface area contributed by atoms with Crippen LogP contribution in [-0.4, -0.2) is 20.7 Å². The van der Waals surface area contributed by atoms with Gasteiger partial charge >= 0.3 is 0 Å². The number of nitrogens with one attached hydrogen (secondary N) is 1. The first kappa shape index (κ1) is 18.4. The van der Waals surface area contributed by atoms with E-state index in [1.807, 2.05) is 61.5 Å². The van der Waals surface area contributed by atoms with Gasteiger partial charge in [0.2, 0.25) is 0 Å². The average molecular weight is 409 g/mol. The minimum atomic E-state index is -0.226. The highest BCUT2D eigenvalue weighted by atomic mass is 35.5. The zero-order chi connectivity index (χ0) is 19.5. The summed E-state index contributed by atoms with van der Waals surface area (Å²) in [6.07, 6.45) is 1.77. The Kier molecular flexibility index (Phi) is 5.23. The Morgan fingerprint density at radius 3 is 2.61 bits per heavy atom. The molecule has 140 valence electrons. The number of amides is 1. The first-order valence-electron chi connectivity index (χ1n) is 8.72. The molecule has 0 radical (unpaired) electrons. The molecule has 0 saturated heterocycles. The van der Waals surface area contributed by atoms with Crippen LogP contribution >= 0.6 is 22.9 Å². The van der Waals surface area contributed by atoms with Gasteiger partial charge in [0.15, 0.2) is 5.69 Å². The molecular weight excluding hydrogens is 392 g/mol. The zero-order valence-corrected chi connectivity index (χ0v) is 16.7. The largest absolute Gasteiger partial charge is 0.344 e. The molecule has 2 aromatic carbocycles. The second-order valence-electron chi connectivity index (χ2n) is 6.18. The van der Waals surface area contributed by atoms with Crippen LogP contribution in [0.1, 0.15) is 20.4 Å². The molecule has 0 atom stereocenters. The highest BCUT2D eigenvalue weighted by molar-refractivity contribution is 7.12. The van der Waals surface area contributed by atoms with Gasteiger partial charge in [0, 0.05) is 21.7 Å². The second kappa shape index (κ2) is 7.96. The number of thiazole rings is 1. The number of para-hydroxylation sites is 1. The van der Waals surface area contributed by atoms with E-state index in [-0.39, 0.29) is 5.91 Å². The number of nitrogens with zero attached hydrogens (tertiary/aromatic N) is 3. The van der Waals surface area contributed by atoms with E-state index in [1.165, 1.54) is 0 Å². The fourth-order valence-corrected chi connectivity index (χ4v) is 3.84. The molecule has 7 heteroatoms. The molecule has 0 aliphatic rings. The average Bonchev–Trinajstić information content (AvgIpc) is 3.35. The van der Waals surface area contributed by atoms with Crippen LogP contribution in [0.5, 0.6) is 0 Å². The molecule has 1 amide bonds. The lowest BCUT2D eigenvalue weighted by Crippen LogP contribution is -2.23. The van der Waals surface area contributed by atoms with Crippen LogP contribution in [0.3, 0.4) is 0 Å². The van der Waals surface area contributed by atoms with Crippen LogP contribution in [0.15, 0.2) is 66.9 Å². The normalized spacial score (nSPS) is 10.8. The van der Waals surface area contributed by atoms with Gasteiger partial charge in [-0.25, -0.2) is 9.67 Å². The number of aryl methyl sites for hydroxylation is 1. The summed E-state index contributed by atoms with van der Waals surface area (Å²) < 4.78 is 1.68. The van der Waals surface area contributed by atoms with E-state index in [4.69, 9.17) is 11.6 Å². The van der Waals surface area contributed by atoms with Crippen molar-refractivity contribution in [2.75, 3.05) is 0 Å². The van der Waals surface area contributed by atoms with Gasteiger partial charge in [-0.15, -0.1) is 11.3 Å². The fourth-order valence-electron chi connectivity index (χ4n) is 2.82. The maximum Gasteiger partial charge on any atom is 0.272 e. The Labute approximate surface area is 171 Å². The number of carbonyl (C=O) groups excluding carboxylic acids is 1. The summed E-state index contributed by atoms with van der Waals surface area (Å²) >= 11 is 7.52. The van der Waals surface area contributed by atoms with Crippen molar-refractivity contribution in [2.45, 2.75) is 13.5 Å². The molecule has 5 nitrogen and oxygen atoms in total. The van der Waals surface area contributed by atoms with Gasteiger partial charge in [0.1, 0.15) is 5.01 Å². The highest BCUT2D eigenvalue weighted by Crippen LogP contribution is 2.28. The summed E-state index contributed by atoms with van der Waals surface area (Å²) in [5.74, 6) is -0.226. The van der Waals surface area contributed by atoms with E-state index in [0.717, 1.165) is 26.8 Å². The van der Waals surface area contributed by atoms with Crippen LogP contribution in [0.25, 0.3) is 16.9 Å². The van der Waals surface area contributed by atoms with Crippen molar-refractivity contribution in [3.8, 4) is 16.9 Å². The first-order chi connectivity index (χ1) is 13.6. The number of carbonyl (C=O) groups is 1. The van der Waals surface area contributed by atoms with E-state index < -0.39 is 0 Å². The van der Waals surface area contributed by atoms with Gasteiger partial charge in [-0.05, 0) is 37.3 Å². The lowest BCUT2D eigenvalue weighted by molar-refractivity contribution is 0.0945. The maximum absolute atomic E-state index is 12.4. The molecule has 0 unspecified atom stereocenters. The Balaban J connectivity index is 1.44. The molecular formula is C21H17ClN4OS. The molecule has 28 heavy (non-hydrogen) atoms. The molecule has 0 aliphatic heterocycles. The predicted octanol–water partition coefficient (Wildman–Crippen LogP) is 4.89. The number of halogens is 1. The predicted molar refractivity (Wildman–Crippen MR) is 112 cm³/mol. The molecule has 4 aromatic rings. The van der Waals surface area contributed by atoms with E-state index in [2.05, 4.69) is 15.4 Å². The van der Waals surface area contributed by atoms with E-state index >= 15 is 0 Å². The summed E-state index contributed by atoms with van der Waals surface area (Å²) in [7, 11) is 0. The number of rotatable bonds is 5. The molecule has 0 saturated carbocycles. The Morgan fingerprint density at radius 1 is 1.11 bits per heavy atom. The molecule has 0 spiro atoms. The molecule has 0 bridgehead atoms. The lowest BCUT2D eigenvalue weighted by atomic mass is 10.1. The van der Waals surface area contributed by atoms with Crippen LogP contribution in [0, 0.1) is 6.92 Å². The fraction of sp³-hybridized carbons (Fsp3) is 0.0952. The van der Waals surface area contributed by atoms with Crippen molar-refractivity contribution in [2.24, 2.45) is 0 Å². The SMILES string of the molecule is Cc1sc(CNC(=O)c2ccn(-c3ccccc3)n2)nc1-c1ccc(Cl)cc1. The van der Waals surface area contributed by atoms with Gasteiger partial charge in [-0.3, -0.25) is 4.79 Å². The number of hydrogen-bond donors (Lipinski definition) is 1. The summed E-state index contributed by atoms with van der Waals surface area (Å²) in [5.41, 5.74) is 3.20. The Bertz CT molecular complexity index is 1100. The third-order valence-electron chi connectivity index (χ3n) is 4.20. The van der Waals surface area contributed by atoms with Crippen LogP contribution < -0.4 is 5.32 Å². The van der Waals surface area contributed by atoms with Gasteiger partial charge in [0.25, 0.3) is 5.91 Å². The Morgan fingerprint density at radius 2 is 1.86 bits per heavy atom. The summed E-state index contributed by atoms with van der Waals surface area (Å²) in [5, 5.41) is 8.78. The first-order valence-corrected chi connectivity index (χ1v) is 9.91. The van der Waals surface area contributed by atoms with E-state index in [9.17, 15) is 4.79 Å². The molecule has 1 N–H and O–H groups in total. The maximum atomic E-state index is 12.4. The minimum Gasteiger partial charge on any atom is -0.344 e. The van der Waals surface area contributed by atoms with Crippen molar-refractivity contribution in [3.05, 3.63) is 87.5 Å². The smallest absolute Gasteiger partial charge is 0.272 e. The highest BCUT2D eigenvalue weighted by Gasteiger charge is 2.13. The van der Waals surface area contributed by atoms with Crippen LogP contribution in [0.2, 0.25) is 5.02 Å². The van der Waals surface area contributed by atoms with E-state index in [0.29, 0.717) is 17.3 Å². The standard InChI is InChI=1S/C21H17ClN4OS/c1-14-20(15-7-9-16(22)10-8-15)24-19(28-14)13-23-21(27)18-11-12-26(25-18)17-5-3-2-4-6-17/h2-12H,13H2,1H3,(H,23,27). The Hall–Kier alpha value is -2.96. The van der Waals surface area contributed by atoms with Crippen molar-refractivity contribution in [1.29, 1.82) is 0 Å². The number of aromatic nitrogens is 3. The van der Waals surface area contributed by atoms with Crippen LogP contribution in [0.4, 0.5) is 0 Å². The third-order valence-corrected chi connectivity index (χ3v) is 5.42. The summed E-state index contributed by atoms with van der Waals surface area (Å²) in [6.45, 7) is 2.38. The quantitative estimate of drug-likeness (QED) is 0.511. The van der Waals surface area contributed by atoms with Crippen molar-refractivity contribution >= 4 is 28.8 Å². The third kappa shape index (κ3) is 3.98. The van der Waals surface area contributed by atoms with Crippen molar-refractivity contribution in [1.82, 2.24) is 20.1 Å². The molecule has 0 fully saturated rings. The van der Waals surface area contributed by atoms with Gasteiger partial charge < -0.3 is 5.32 Å². The molecule has 2 heterocycles. The zero-order valence-electron chi connectivity index (χ0n) is 15.1. The van der Waals surface area contributed by atoms with Gasteiger partial charge in [0.05, 0.1) is 17.9 Å². The second-order valence-corrected chi connectivity index (χ2v) is 7.91. The topological polar surface area (TPSA) is 59.8 Å². The monoisotopic (exact) mass is 408 g/mol. The summed E-state index contributed by atoms with van der Waals surface area (Å²) in [6, 6.07) is 19.0. The van der Waals surface area contributed by atoms with Crippen LogP contribution in [-0.2, 0) is 6.54 Å². The minimum absolute atomic E-state index is 0.226. The van der Waals surface area contributed by atoms with E-state index in [1.54, 1.807) is 28.3 Å². The summed E-state index contributed by atoms with van der Waals surface area (Å²) in [4.78, 5) is 18.2. The van der Waals surface area contributed by atoms with Gasteiger partial charge in [-0.2, -0.15) is 5.10 Å². The lowest BCUT2D eigenvalue weighted by Gasteiger charge is -2.01. The molecule has 2 aromatic heterocycles. The number of benzene rings is 2. The molecule has 0 aliphatic carbocycles. The number of hydrogen-bond acceptors (Lipinski definition) is 4.